The van der Waals surface area contributed by atoms with Crippen molar-refractivity contribution in [1.82, 2.24) is 0 Å². The average Bonchev–Trinajstić information content (AvgIpc) is 1.63. The van der Waals surface area contributed by atoms with Gasteiger partial charge >= 0.3 is 5.97 Å². The molecule has 0 saturated carbocycles. The van der Waals surface area contributed by atoms with Gasteiger partial charge < -0.3 is 5.11 Å². The molecule has 0 heterocycles. The van der Waals surface area contributed by atoms with Crippen LogP contribution in [0.4, 0.5) is 0 Å². The van der Waals surface area contributed by atoms with Gasteiger partial charge in [0.1, 0.15) is 5.78 Å². The number of hydrogen-bond acceptors (Lipinski definition) is 3. The molecule has 10 heavy (non-hydrogen) atoms. The first-order valence-corrected chi connectivity index (χ1v) is 2.29. The maximum absolute atomic E-state index is 10.1. The van der Waals surface area contributed by atoms with E-state index < -0.39 is 24.0 Å². The number of Topliss-reactive ketones (excluding diaryl/α,β-unsaturated/α-hetero) is 2. The molecule has 0 radical (unpaired) electrons. The minimum absolute atomic E-state index is 0. The predicted octanol–water partition coefficient (Wildman–Crippen LogP) is -0.381. The summed E-state index contributed by atoms with van der Waals surface area (Å²) >= 11 is 0. The SMILES string of the molecule is CC(=O)CC(=O)C(=O)O.[Gd]. The van der Waals surface area contributed by atoms with Crippen molar-refractivity contribution in [3.8, 4) is 0 Å². The summed E-state index contributed by atoms with van der Waals surface area (Å²) in [5, 5.41) is 7.93. The first-order chi connectivity index (χ1) is 4.04. The summed E-state index contributed by atoms with van der Waals surface area (Å²) in [6.45, 7) is 1.17. The van der Waals surface area contributed by atoms with Crippen LogP contribution in [-0.4, -0.2) is 22.6 Å². The molecule has 58 valence electrons. The van der Waals surface area contributed by atoms with Crippen LogP contribution >= 0.6 is 0 Å². The Kier molecular flexibility index (Phi) is 7.52. The summed E-state index contributed by atoms with van der Waals surface area (Å²) in [4.78, 5) is 29.9. The molecular formula is C5H6GdO4. The third-order valence-electron chi connectivity index (χ3n) is 0.648. The fraction of sp³-hybridized carbons (Fsp3) is 0.400. The van der Waals surface area contributed by atoms with Gasteiger partial charge in [0.25, 0.3) is 0 Å². The molecule has 0 saturated heterocycles. The Hall–Kier alpha value is 0.135. The van der Waals surface area contributed by atoms with Crippen molar-refractivity contribution in [3.05, 3.63) is 0 Å². The smallest absolute Gasteiger partial charge is 0.372 e. The van der Waals surface area contributed by atoms with Crippen molar-refractivity contribution < 1.29 is 59.4 Å². The first kappa shape index (κ1) is 12.8. The third kappa shape index (κ3) is 6.26. The molecular weight excluding hydrogens is 281 g/mol. The van der Waals surface area contributed by atoms with Crippen LogP contribution in [0.3, 0.4) is 0 Å². The summed E-state index contributed by atoms with van der Waals surface area (Å²) in [7, 11) is 0. The number of ketones is 2. The summed E-state index contributed by atoms with van der Waals surface area (Å²) in [5.74, 6) is -3.03. The summed E-state index contributed by atoms with van der Waals surface area (Å²) in [5.41, 5.74) is 0. The van der Waals surface area contributed by atoms with Gasteiger partial charge in [0, 0.05) is 39.9 Å². The molecule has 0 aliphatic rings. The van der Waals surface area contributed by atoms with Gasteiger partial charge in [-0.25, -0.2) is 4.79 Å². The monoisotopic (exact) mass is 288 g/mol. The Morgan fingerprint density at radius 2 is 1.70 bits per heavy atom. The molecule has 0 spiro atoms. The van der Waals surface area contributed by atoms with E-state index in [1.807, 2.05) is 0 Å². The second-order valence-corrected chi connectivity index (χ2v) is 1.61. The van der Waals surface area contributed by atoms with Crippen LogP contribution in [-0.2, 0) is 14.4 Å². The van der Waals surface area contributed by atoms with Crippen molar-refractivity contribution in [2.45, 2.75) is 13.3 Å². The van der Waals surface area contributed by atoms with Gasteiger partial charge in [-0.3, -0.25) is 9.59 Å². The molecule has 0 aromatic heterocycles. The normalized spacial score (nSPS) is 7.70. The van der Waals surface area contributed by atoms with Gasteiger partial charge in [-0.2, -0.15) is 0 Å². The Bertz CT molecular complexity index is 163. The molecule has 0 aromatic rings. The number of aliphatic carboxylic acids is 1. The minimum atomic E-state index is -1.55. The fourth-order valence-corrected chi connectivity index (χ4v) is 0.302. The van der Waals surface area contributed by atoms with E-state index in [0.29, 0.717) is 0 Å². The zero-order valence-corrected chi connectivity index (χ0v) is 7.50. The number of carbonyl (C=O) groups excluding carboxylic acids is 2. The molecule has 0 aliphatic carbocycles. The number of rotatable bonds is 3. The van der Waals surface area contributed by atoms with Crippen molar-refractivity contribution in [2.75, 3.05) is 0 Å². The third-order valence-corrected chi connectivity index (χ3v) is 0.648. The van der Waals surface area contributed by atoms with Crippen LogP contribution in [0.5, 0.6) is 0 Å². The Morgan fingerprint density at radius 3 is 1.80 bits per heavy atom. The van der Waals surface area contributed by atoms with E-state index in [1.165, 1.54) is 6.92 Å². The standard InChI is InChI=1S/C5H6O4.Gd/c1-3(6)2-4(7)5(8)9;/h2H2,1H3,(H,8,9);. The minimum Gasteiger partial charge on any atom is -0.475 e. The van der Waals surface area contributed by atoms with E-state index >= 15 is 0 Å². The van der Waals surface area contributed by atoms with Crippen molar-refractivity contribution >= 4 is 17.5 Å². The molecule has 0 amide bonds. The Morgan fingerprint density at radius 1 is 1.30 bits per heavy atom. The molecule has 1 N–H and O–H groups in total. The maximum Gasteiger partial charge on any atom is 0.372 e. The van der Waals surface area contributed by atoms with Crippen LogP contribution in [0, 0.1) is 39.9 Å². The van der Waals surface area contributed by atoms with Crippen LogP contribution in [0.2, 0.25) is 0 Å². The van der Waals surface area contributed by atoms with Gasteiger partial charge in [0.2, 0.25) is 5.78 Å². The average molecular weight is 287 g/mol. The topological polar surface area (TPSA) is 71.4 Å². The van der Waals surface area contributed by atoms with Crippen LogP contribution < -0.4 is 0 Å². The summed E-state index contributed by atoms with van der Waals surface area (Å²) in [6, 6.07) is 0. The van der Waals surface area contributed by atoms with Crippen molar-refractivity contribution in [1.29, 1.82) is 0 Å². The van der Waals surface area contributed by atoms with E-state index in [1.54, 1.807) is 0 Å². The molecule has 0 rings (SSSR count). The van der Waals surface area contributed by atoms with Crippen molar-refractivity contribution in [3.63, 3.8) is 0 Å². The van der Waals surface area contributed by atoms with Gasteiger partial charge in [-0.05, 0) is 6.92 Å². The molecule has 0 fully saturated rings. The van der Waals surface area contributed by atoms with E-state index in [9.17, 15) is 14.4 Å². The number of carboxylic acid groups (broad SMARTS) is 1. The molecule has 0 atom stereocenters. The number of carbonyl (C=O) groups is 3. The van der Waals surface area contributed by atoms with Gasteiger partial charge in [0.05, 0.1) is 6.42 Å². The largest absolute Gasteiger partial charge is 0.475 e. The van der Waals surface area contributed by atoms with Crippen LogP contribution in [0.15, 0.2) is 0 Å². The number of hydrogen-bond donors (Lipinski definition) is 1. The van der Waals surface area contributed by atoms with E-state index in [2.05, 4.69) is 0 Å². The van der Waals surface area contributed by atoms with E-state index in [0.717, 1.165) is 0 Å². The Labute approximate surface area is 89.7 Å². The summed E-state index contributed by atoms with van der Waals surface area (Å²) < 4.78 is 0. The van der Waals surface area contributed by atoms with Gasteiger partial charge in [-0.1, -0.05) is 0 Å². The summed E-state index contributed by atoms with van der Waals surface area (Å²) in [6.07, 6.45) is -0.505. The van der Waals surface area contributed by atoms with E-state index in [-0.39, 0.29) is 39.9 Å². The first-order valence-electron chi connectivity index (χ1n) is 2.29. The maximum atomic E-state index is 10.1. The molecule has 0 unspecified atom stereocenters. The second-order valence-electron chi connectivity index (χ2n) is 1.61. The number of carboxylic acids is 1. The van der Waals surface area contributed by atoms with Gasteiger partial charge in [0.15, 0.2) is 0 Å². The quantitative estimate of drug-likeness (QED) is 0.567. The second kappa shape index (κ2) is 5.89. The van der Waals surface area contributed by atoms with Crippen molar-refractivity contribution in [2.24, 2.45) is 0 Å². The zero-order chi connectivity index (χ0) is 7.44. The molecule has 0 bridgehead atoms. The molecule has 0 aromatic carbocycles. The van der Waals surface area contributed by atoms with Crippen LogP contribution in [0.25, 0.3) is 0 Å². The molecule has 0 aliphatic heterocycles. The molecule has 5 heteroatoms. The van der Waals surface area contributed by atoms with Gasteiger partial charge in [-0.15, -0.1) is 0 Å². The fourth-order valence-electron chi connectivity index (χ4n) is 0.302. The Balaban J connectivity index is 0. The predicted molar refractivity (Wildman–Crippen MR) is 27.9 cm³/mol. The zero-order valence-electron chi connectivity index (χ0n) is 5.23. The van der Waals surface area contributed by atoms with E-state index in [4.69, 9.17) is 5.11 Å². The van der Waals surface area contributed by atoms with Crippen LogP contribution in [0.1, 0.15) is 13.3 Å². The molecule has 4 nitrogen and oxygen atoms in total.